The second-order valence-corrected chi connectivity index (χ2v) is 8.72. The summed E-state index contributed by atoms with van der Waals surface area (Å²) < 4.78 is 2.42. The van der Waals surface area contributed by atoms with Gasteiger partial charge < -0.3 is 4.90 Å². The highest BCUT2D eigenvalue weighted by Crippen LogP contribution is 2.36. The minimum atomic E-state index is 0.649. The van der Waals surface area contributed by atoms with Crippen molar-refractivity contribution in [2.75, 3.05) is 11.6 Å². The van der Waals surface area contributed by atoms with Gasteiger partial charge in [-0.3, -0.25) is 9.47 Å². The Morgan fingerprint density at radius 3 is 2.57 bits per heavy atom. The van der Waals surface area contributed by atoms with Gasteiger partial charge in [0.25, 0.3) is 0 Å². The van der Waals surface area contributed by atoms with Crippen molar-refractivity contribution in [3.63, 3.8) is 0 Å². The summed E-state index contributed by atoms with van der Waals surface area (Å²) in [5, 5.41) is 0. The van der Waals surface area contributed by atoms with Crippen molar-refractivity contribution in [1.82, 2.24) is 14.5 Å². The maximum Gasteiger partial charge on any atom is 0.209 e. The molecular weight excluding hydrogens is 344 g/mol. The summed E-state index contributed by atoms with van der Waals surface area (Å²) in [5.41, 5.74) is 3.69. The molecule has 1 saturated carbocycles. The van der Waals surface area contributed by atoms with Gasteiger partial charge in [-0.2, -0.15) is 0 Å². The lowest BCUT2D eigenvalue weighted by molar-refractivity contribution is 0.0489. The third-order valence-electron chi connectivity index (χ3n) is 6.94. The average molecular weight is 375 g/mol. The Hall–Kier alpha value is -2.33. The number of anilines is 1. The summed E-state index contributed by atoms with van der Waals surface area (Å²) in [6.45, 7) is 7.69. The molecule has 4 heteroatoms. The molecular formula is C24H30N4. The van der Waals surface area contributed by atoms with E-state index in [9.17, 15) is 0 Å². The van der Waals surface area contributed by atoms with Gasteiger partial charge in [-0.1, -0.05) is 69.2 Å². The van der Waals surface area contributed by atoms with Gasteiger partial charge in [0.15, 0.2) is 0 Å². The zero-order chi connectivity index (χ0) is 19.1. The number of nitrogens with zero attached hydrogens (tertiary/aromatic N) is 4. The quantitative estimate of drug-likeness (QED) is 0.637. The van der Waals surface area contributed by atoms with E-state index < -0.39 is 0 Å². The molecule has 5 rings (SSSR count). The number of hydrogen-bond acceptors (Lipinski definition) is 3. The smallest absolute Gasteiger partial charge is 0.209 e. The minimum absolute atomic E-state index is 0.649. The fraction of sp³-hybridized carbons (Fsp3) is 0.458. The molecule has 0 N–H and O–H groups in total. The van der Waals surface area contributed by atoms with Crippen LogP contribution in [0.1, 0.15) is 38.7 Å². The Labute approximate surface area is 167 Å². The van der Waals surface area contributed by atoms with Crippen LogP contribution in [0.3, 0.4) is 0 Å². The van der Waals surface area contributed by atoms with Crippen LogP contribution < -0.4 is 4.90 Å². The van der Waals surface area contributed by atoms with Gasteiger partial charge in [-0.25, -0.2) is 4.98 Å². The van der Waals surface area contributed by atoms with Crippen molar-refractivity contribution in [3.05, 3.63) is 60.2 Å². The molecule has 2 aliphatic rings. The van der Waals surface area contributed by atoms with Gasteiger partial charge in [0.05, 0.1) is 24.4 Å². The van der Waals surface area contributed by atoms with Crippen LogP contribution in [0.4, 0.5) is 5.95 Å². The van der Waals surface area contributed by atoms with Crippen molar-refractivity contribution in [3.8, 4) is 0 Å². The first-order chi connectivity index (χ1) is 13.7. The number of hydrogen-bond donors (Lipinski definition) is 0. The van der Waals surface area contributed by atoms with Crippen LogP contribution >= 0.6 is 0 Å². The van der Waals surface area contributed by atoms with E-state index in [0.717, 1.165) is 43.2 Å². The van der Waals surface area contributed by atoms with E-state index in [-0.39, 0.29) is 0 Å². The maximum atomic E-state index is 5.01. The van der Waals surface area contributed by atoms with Crippen LogP contribution in [0.25, 0.3) is 11.0 Å². The molecule has 0 amide bonds. The monoisotopic (exact) mass is 374 g/mol. The Bertz CT molecular complexity index is 948. The van der Waals surface area contributed by atoms with Crippen LogP contribution in [0.2, 0.25) is 0 Å². The predicted octanol–water partition coefficient (Wildman–Crippen LogP) is 5.10. The molecule has 1 aliphatic heterocycles. The molecule has 146 valence electrons. The number of fused-ring (bicyclic) bond motifs is 3. The van der Waals surface area contributed by atoms with Crippen molar-refractivity contribution < 1.29 is 0 Å². The van der Waals surface area contributed by atoms with Crippen molar-refractivity contribution >= 4 is 17.0 Å². The summed E-state index contributed by atoms with van der Waals surface area (Å²) in [6.07, 6.45) is 4.04. The summed E-state index contributed by atoms with van der Waals surface area (Å²) in [4.78, 5) is 10.2. The number of benzene rings is 2. The SMILES string of the molecule is C[C@@H]1[C@H](C)CCC[C@@H]1N1CN(Cc2ccccc2)c2nc3ccccc3n2C1. The second-order valence-electron chi connectivity index (χ2n) is 8.72. The number of aromatic nitrogens is 2. The van der Waals surface area contributed by atoms with Crippen LogP contribution in [-0.4, -0.2) is 27.2 Å². The van der Waals surface area contributed by atoms with Crippen molar-refractivity contribution in [1.29, 1.82) is 0 Å². The predicted molar refractivity (Wildman–Crippen MR) is 115 cm³/mol. The van der Waals surface area contributed by atoms with Crippen LogP contribution in [-0.2, 0) is 13.2 Å². The molecule has 2 heterocycles. The number of imidazole rings is 1. The molecule has 0 radical (unpaired) electrons. The van der Waals surface area contributed by atoms with Crippen LogP contribution in [0.5, 0.6) is 0 Å². The molecule has 1 aliphatic carbocycles. The molecule has 3 aromatic rings. The largest absolute Gasteiger partial charge is 0.325 e. The zero-order valence-corrected chi connectivity index (χ0v) is 17.0. The molecule has 3 atom stereocenters. The van der Waals surface area contributed by atoms with Gasteiger partial charge in [-0.05, 0) is 36.0 Å². The fourth-order valence-electron chi connectivity index (χ4n) is 5.16. The topological polar surface area (TPSA) is 24.3 Å². The first kappa shape index (κ1) is 17.7. The first-order valence-corrected chi connectivity index (χ1v) is 10.7. The maximum absolute atomic E-state index is 5.01. The Balaban J connectivity index is 1.53. The molecule has 0 saturated heterocycles. The van der Waals surface area contributed by atoms with Gasteiger partial charge in [-0.15, -0.1) is 0 Å². The normalized spacial score (nSPS) is 25.8. The summed E-state index contributed by atoms with van der Waals surface area (Å²) >= 11 is 0. The van der Waals surface area contributed by atoms with E-state index in [4.69, 9.17) is 4.98 Å². The van der Waals surface area contributed by atoms with Gasteiger partial charge in [0.1, 0.15) is 0 Å². The molecule has 1 fully saturated rings. The van der Waals surface area contributed by atoms with E-state index in [1.807, 2.05) is 0 Å². The van der Waals surface area contributed by atoms with Crippen molar-refractivity contribution in [2.45, 2.75) is 52.4 Å². The third kappa shape index (κ3) is 3.10. The summed E-state index contributed by atoms with van der Waals surface area (Å²) in [7, 11) is 0. The lowest BCUT2D eigenvalue weighted by atomic mass is 9.77. The lowest BCUT2D eigenvalue weighted by Gasteiger charge is -2.46. The van der Waals surface area contributed by atoms with E-state index in [2.05, 4.69) is 82.8 Å². The molecule has 2 aromatic carbocycles. The fourth-order valence-corrected chi connectivity index (χ4v) is 5.16. The second kappa shape index (κ2) is 7.25. The van der Waals surface area contributed by atoms with Crippen LogP contribution in [0.15, 0.2) is 54.6 Å². The number of para-hydroxylation sites is 2. The molecule has 0 spiro atoms. The summed E-state index contributed by atoms with van der Waals surface area (Å²) in [6, 6.07) is 20.0. The standard InChI is InChI=1S/C24H30N4/c1-18-9-8-14-22(19(18)2)27-16-26(15-20-10-4-3-5-11-20)24-25-21-12-6-7-13-23(21)28(24)17-27/h3-7,10-13,18-19,22H,8-9,14-17H2,1-2H3/t18-,19-,22+/m1/s1. The zero-order valence-electron chi connectivity index (χ0n) is 17.0. The average Bonchev–Trinajstić information content (AvgIpc) is 3.10. The highest BCUT2D eigenvalue weighted by atomic mass is 15.5. The first-order valence-electron chi connectivity index (χ1n) is 10.7. The van der Waals surface area contributed by atoms with Crippen LogP contribution in [0, 0.1) is 11.8 Å². The Kier molecular flexibility index (Phi) is 4.59. The molecule has 28 heavy (non-hydrogen) atoms. The van der Waals surface area contributed by atoms with E-state index in [0.29, 0.717) is 6.04 Å². The van der Waals surface area contributed by atoms with Gasteiger partial charge in [0, 0.05) is 12.6 Å². The molecule has 0 bridgehead atoms. The summed E-state index contributed by atoms with van der Waals surface area (Å²) in [5.74, 6) is 2.66. The molecule has 4 nitrogen and oxygen atoms in total. The lowest BCUT2D eigenvalue weighted by Crippen LogP contribution is -2.52. The molecule has 1 aromatic heterocycles. The molecule has 0 unspecified atom stereocenters. The van der Waals surface area contributed by atoms with Crippen molar-refractivity contribution in [2.24, 2.45) is 11.8 Å². The van der Waals surface area contributed by atoms with Gasteiger partial charge in [0.2, 0.25) is 5.95 Å². The third-order valence-corrected chi connectivity index (χ3v) is 6.94. The number of rotatable bonds is 3. The highest BCUT2D eigenvalue weighted by molar-refractivity contribution is 5.79. The minimum Gasteiger partial charge on any atom is -0.325 e. The van der Waals surface area contributed by atoms with E-state index in [1.54, 1.807) is 0 Å². The Morgan fingerprint density at radius 1 is 0.929 bits per heavy atom. The highest BCUT2D eigenvalue weighted by Gasteiger charge is 2.36. The van der Waals surface area contributed by atoms with E-state index in [1.165, 1.54) is 30.3 Å². The Morgan fingerprint density at radius 2 is 1.71 bits per heavy atom. The van der Waals surface area contributed by atoms with Gasteiger partial charge >= 0.3 is 0 Å². The van der Waals surface area contributed by atoms with E-state index >= 15 is 0 Å².